The fraction of sp³-hybridized carbons (Fsp3) is 0.500. The van der Waals surface area contributed by atoms with Gasteiger partial charge in [-0.2, -0.15) is 0 Å². The highest BCUT2D eigenvalue weighted by Gasteiger charge is 2.22. The first-order valence-corrected chi connectivity index (χ1v) is 6.15. The molecule has 2 unspecified atom stereocenters. The van der Waals surface area contributed by atoms with Crippen LogP contribution in [0.4, 0.5) is 0 Å². The SMILES string of the molecule is CNC(C)c1cccc2c1SCC2C. The normalized spacial score (nSPS) is 22.1. The number of fused-ring (bicyclic) bond motifs is 1. The van der Waals surface area contributed by atoms with Crippen molar-refractivity contribution < 1.29 is 0 Å². The van der Waals surface area contributed by atoms with Gasteiger partial charge in [0.1, 0.15) is 0 Å². The quantitative estimate of drug-likeness (QED) is 0.799. The van der Waals surface area contributed by atoms with Gasteiger partial charge in [-0.25, -0.2) is 0 Å². The lowest BCUT2D eigenvalue weighted by Crippen LogP contribution is -2.13. The van der Waals surface area contributed by atoms with Gasteiger partial charge in [-0.3, -0.25) is 0 Å². The van der Waals surface area contributed by atoms with Crippen molar-refractivity contribution in [2.24, 2.45) is 0 Å². The number of rotatable bonds is 2. The maximum absolute atomic E-state index is 3.31. The predicted molar refractivity (Wildman–Crippen MR) is 63.1 cm³/mol. The van der Waals surface area contributed by atoms with Crippen molar-refractivity contribution in [3.8, 4) is 0 Å². The number of benzene rings is 1. The second-order valence-electron chi connectivity index (χ2n) is 3.99. The van der Waals surface area contributed by atoms with E-state index in [-0.39, 0.29) is 0 Å². The van der Waals surface area contributed by atoms with Crippen molar-refractivity contribution in [2.45, 2.75) is 30.7 Å². The molecule has 1 aromatic rings. The summed E-state index contributed by atoms with van der Waals surface area (Å²) in [5, 5.41) is 3.31. The minimum Gasteiger partial charge on any atom is -0.313 e. The van der Waals surface area contributed by atoms with E-state index < -0.39 is 0 Å². The summed E-state index contributed by atoms with van der Waals surface area (Å²) in [5.74, 6) is 1.96. The molecule has 0 fully saturated rings. The third kappa shape index (κ3) is 1.57. The van der Waals surface area contributed by atoms with Crippen LogP contribution in [-0.2, 0) is 0 Å². The van der Waals surface area contributed by atoms with Gasteiger partial charge in [0.05, 0.1) is 0 Å². The molecule has 1 aromatic carbocycles. The van der Waals surface area contributed by atoms with Gasteiger partial charge < -0.3 is 5.32 Å². The lowest BCUT2D eigenvalue weighted by atomic mass is 9.98. The number of nitrogens with one attached hydrogen (secondary N) is 1. The van der Waals surface area contributed by atoms with Gasteiger partial charge in [0, 0.05) is 16.7 Å². The fourth-order valence-corrected chi connectivity index (χ4v) is 3.37. The second-order valence-corrected chi connectivity index (χ2v) is 5.02. The maximum Gasteiger partial charge on any atom is 0.0300 e. The minimum absolute atomic E-state index is 0.461. The van der Waals surface area contributed by atoms with Gasteiger partial charge in [-0.05, 0) is 31.0 Å². The molecule has 0 saturated heterocycles. The van der Waals surface area contributed by atoms with Crippen LogP contribution in [0.25, 0.3) is 0 Å². The zero-order chi connectivity index (χ0) is 10.1. The topological polar surface area (TPSA) is 12.0 Å². The summed E-state index contributed by atoms with van der Waals surface area (Å²) in [6.07, 6.45) is 0. The zero-order valence-corrected chi connectivity index (χ0v) is 9.82. The Morgan fingerprint density at radius 1 is 1.50 bits per heavy atom. The first-order chi connectivity index (χ1) is 6.74. The largest absolute Gasteiger partial charge is 0.313 e. The second kappa shape index (κ2) is 3.95. The highest BCUT2D eigenvalue weighted by molar-refractivity contribution is 7.99. The van der Waals surface area contributed by atoms with Gasteiger partial charge >= 0.3 is 0 Å². The van der Waals surface area contributed by atoms with Gasteiger partial charge in [-0.1, -0.05) is 25.1 Å². The molecule has 1 nitrogen and oxygen atoms in total. The van der Waals surface area contributed by atoms with E-state index in [1.165, 1.54) is 21.8 Å². The Bertz CT molecular complexity index is 335. The molecule has 0 saturated carbocycles. The Hall–Kier alpha value is -0.470. The van der Waals surface area contributed by atoms with Crippen molar-refractivity contribution in [3.05, 3.63) is 29.3 Å². The monoisotopic (exact) mass is 207 g/mol. The van der Waals surface area contributed by atoms with Crippen molar-refractivity contribution in [2.75, 3.05) is 12.8 Å². The molecule has 2 atom stereocenters. The Kier molecular flexibility index (Phi) is 2.84. The molecule has 2 heteroatoms. The molecular formula is C12H17NS. The summed E-state index contributed by atoms with van der Waals surface area (Å²) in [5.41, 5.74) is 2.99. The van der Waals surface area contributed by atoms with Crippen LogP contribution in [0.3, 0.4) is 0 Å². The Morgan fingerprint density at radius 3 is 3.00 bits per heavy atom. The molecule has 1 aliphatic rings. The van der Waals surface area contributed by atoms with E-state index in [1.54, 1.807) is 0 Å². The van der Waals surface area contributed by atoms with Gasteiger partial charge in [0.15, 0.2) is 0 Å². The lowest BCUT2D eigenvalue weighted by Gasteiger charge is -2.15. The first kappa shape index (κ1) is 10.1. The molecular weight excluding hydrogens is 190 g/mol. The van der Waals surface area contributed by atoms with E-state index in [2.05, 4.69) is 37.4 Å². The predicted octanol–water partition coefficient (Wildman–Crippen LogP) is 3.18. The van der Waals surface area contributed by atoms with Crippen LogP contribution >= 0.6 is 11.8 Å². The van der Waals surface area contributed by atoms with Crippen LogP contribution in [0, 0.1) is 0 Å². The van der Waals surface area contributed by atoms with Crippen molar-refractivity contribution in [3.63, 3.8) is 0 Å². The highest BCUT2D eigenvalue weighted by atomic mass is 32.2. The molecule has 1 heterocycles. The molecule has 76 valence electrons. The summed E-state index contributed by atoms with van der Waals surface area (Å²) in [6.45, 7) is 4.53. The van der Waals surface area contributed by atoms with E-state index in [4.69, 9.17) is 0 Å². The standard InChI is InChI=1S/C12H17NS/c1-8-7-14-12-10(8)5-4-6-11(12)9(2)13-3/h4-6,8-9,13H,7H2,1-3H3. The molecule has 1 N–H and O–H groups in total. The zero-order valence-electron chi connectivity index (χ0n) is 9.00. The minimum atomic E-state index is 0.461. The molecule has 0 radical (unpaired) electrons. The molecule has 0 aliphatic carbocycles. The van der Waals surface area contributed by atoms with E-state index in [1.807, 2.05) is 18.8 Å². The van der Waals surface area contributed by atoms with Crippen LogP contribution in [0.5, 0.6) is 0 Å². The number of thioether (sulfide) groups is 1. The fourth-order valence-electron chi connectivity index (χ4n) is 1.92. The molecule has 0 aromatic heterocycles. The van der Waals surface area contributed by atoms with Crippen LogP contribution in [0.15, 0.2) is 23.1 Å². The van der Waals surface area contributed by atoms with Gasteiger partial charge in [0.2, 0.25) is 0 Å². The molecule has 1 aliphatic heterocycles. The molecule has 14 heavy (non-hydrogen) atoms. The molecule has 2 rings (SSSR count). The van der Waals surface area contributed by atoms with Crippen LogP contribution in [-0.4, -0.2) is 12.8 Å². The average Bonchev–Trinajstić information content (AvgIpc) is 2.59. The third-order valence-electron chi connectivity index (χ3n) is 2.98. The van der Waals surface area contributed by atoms with E-state index in [0.29, 0.717) is 6.04 Å². The van der Waals surface area contributed by atoms with Crippen LogP contribution in [0.2, 0.25) is 0 Å². The third-order valence-corrected chi connectivity index (χ3v) is 4.41. The van der Waals surface area contributed by atoms with Crippen molar-refractivity contribution >= 4 is 11.8 Å². The number of hydrogen-bond acceptors (Lipinski definition) is 2. The molecule has 0 bridgehead atoms. The summed E-state index contributed by atoms with van der Waals surface area (Å²) in [7, 11) is 2.02. The summed E-state index contributed by atoms with van der Waals surface area (Å²) in [6, 6.07) is 7.16. The highest BCUT2D eigenvalue weighted by Crippen LogP contribution is 2.42. The van der Waals surface area contributed by atoms with Crippen molar-refractivity contribution in [1.29, 1.82) is 0 Å². The summed E-state index contributed by atoms with van der Waals surface area (Å²) in [4.78, 5) is 1.52. The van der Waals surface area contributed by atoms with E-state index in [0.717, 1.165) is 5.92 Å². The summed E-state index contributed by atoms with van der Waals surface area (Å²) >= 11 is 2.01. The van der Waals surface area contributed by atoms with Crippen molar-refractivity contribution in [1.82, 2.24) is 5.32 Å². The number of hydrogen-bond donors (Lipinski definition) is 1. The van der Waals surface area contributed by atoms with Crippen LogP contribution < -0.4 is 5.32 Å². The molecule has 0 amide bonds. The first-order valence-electron chi connectivity index (χ1n) is 5.17. The van der Waals surface area contributed by atoms with E-state index >= 15 is 0 Å². The Balaban J connectivity index is 2.43. The maximum atomic E-state index is 3.31. The smallest absolute Gasteiger partial charge is 0.0300 e. The van der Waals surface area contributed by atoms with E-state index in [9.17, 15) is 0 Å². The average molecular weight is 207 g/mol. The molecule has 0 spiro atoms. The Morgan fingerprint density at radius 2 is 2.29 bits per heavy atom. The Labute approximate surface area is 90.3 Å². The van der Waals surface area contributed by atoms with Gasteiger partial charge in [0.25, 0.3) is 0 Å². The lowest BCUT2D eigenvalue weighted by molar-refractivity contribution is 0.639. The summed E-state index contributed by atoms with van der Waals surface area (Å²) < 4.78 is 0. The van der Waals surface area contributed by atoms with Gasteiger partial charge in [-0.15, -0.1) is 11.8 Å². The van der Waals surface area contributed by atoms with Crippen LogP contribution in [0.1, 0.15) is 36.9 Å².